The van der Waals surface area contributed by atoms with Crippen LogP contribution in [0.25, 0.3) is 0 Å². The van der Waals surface area contributed by atoms with Gasteiger partial charge < -0.3 is 55.5 Å². The van der Waals surface area contributed by atoms with Crippen molar-refractivity contribution in [2.45, 2.75) is 114 Å². The third-order valence-electron chi connectivity index (χ3n) is 7.37. The molecule has 3 rings (SSSR count). The zero-order chi connectivity index (χ0) is 24.4. The molecule has 2 aliphatic heterocycles. The predicted molar refractivity (Wildman–Crippen MR) is 117 cm³/mol. The zero-order valence-electron chi connectivity index (χ0n) is 19.9. The summed E-state index contributed by atoms with van der Waals surface area (Å²) >= 11 is 0. The Morgan fingerprint density at radius 1 is 0.879 bits per heavy atom. The molecule has 14 atom stereocenters. The van der Waals surface area contributed by atoms with Crippen LogP contribution in [0.4, 0.5) is 0 Å². The molecular formula is C22H42N2O9. The Bertz CT molecular complexity index is 614. The highest BCUT2D eigenvalue weighted by Crippen LogP contribution is 2.36. The van der Waals surface area contributed by atoms with Gasteiger partial charge in [0.2, 0.25) is 0 Å². The van der Waals surface area contributed by atoms with Crippen molar-refractivity contribution < 1.29 is 44.5 Å². The Labute approximate surface area is 195 Å². The van der Waals surface area contributed by atoms with Crippen LogP contribution in [0.5, 0.6) is 0 Å². The summed E-state index contributed by atoms with van der Waals surface area (Å²) in [7, 11) is 1.76. The number of aliphatic hydroxyl groups excluding tert-OH is 5. The summed E-state index contributed by atoms with van der Waals surface area (Å²) in [6, 6.07) is -1.34. The van der Waals surface area contributed by atoms with E-state index in [1.54, 1.807) is 7.05 Å². The van der Waals surface area contributed by atoms with E-state index in [2.05, 4.69) is 5.32 Å². The van der Waals surface area contributed by atoms with E-state index in [9.17, 15) is 25.5 Å². The molecule has 8 N–H and O–H groups in total. The van der Waals surface area contributed by atoms with E-state index in [1.807, 2.05) is 20.8 Å². The molecule has 0 spiro atoms. The van der Waals surface area contributed by atoms with Gasteiger partial charge in [-0.25, -0.2) is 0 Å². The lowest BCUT2D eigenvalue weighted by atomic mass is 9.80. The molecule has 11 heteroatoms. The lowest BCUT2D eigenvalue weighted by molar-refractivity contribution is -0.322. The van der Waals surface area contributed by atoms with E-state index in [0.29, 0.717) is 19.3 Å². The molecule has 0 aromatic rings. The third kappa shape index (κ3) is 5.70. The van der Waals surface area contributed by atoms with E-state index in [4.69, 9.17) is 24.7 Å². The number of hydrogen-bond acceptors (Lipinski definition) is 11. The molecule has 0 amide bonds. The first-order valence-corrected chi connectivity index (χ1v) is 12.0. The Morgan fingerprint density at radius 3 is 2.12 bits per heavy atom. The van der Waals surface area contributed by atoms with Gasteiger partial charge in [0.05, 0.1) is 31.0 Å². The lowest BCUT2D eigenvalue weighted by Gasteiger charge is -2.48. The second kappa shape index (κ2) is 11.5. The van der Waals surface area contributed by atoms with Gasteiger partial charge in [-0.15, -0.1) is 0 Å². The standard InChI is InChI=1S/C22H42N2O9/c1-5-13-12(26)7-10(3)21(30-13)32-19-9(2)6-11(24-4)20(18(19)29)33-22-17(28)15(23)16(27)14(8-25)31-22/h9-22,24-29H,5-8,23H2,1-4H3/t9-,10+,11+,12-,13+,14+,15-,16+,17+,18-,19?,20-,21+,22+/m0/s1. The van der Waals surface area contributed by atoms with E-state index >= 15 is 0 Å². The highest BCUT2D eigenvalue weighted by molar-refractivity contribution is 4.99. The minimum Gasteiger partial charge on any atom is -0.394 e. The van der Waals surface area contributed by atoms with Crippen LogP contribution < -0.4 is 11.1 Å². The Kier molecular flexibility index (Phi) is 9.49. The first-order chi connectivity index (χ1) is 15.6. The average Bonchev–Trinajstić information content (AvgIpc) is 2.79. The van der Waals surface area contributed by atoms with Gasteiger partial charge in [-0.1, -0.05) is 20.8 Å². The van der Waals surface area contributed by atoms with Crippen molar-refractivity contribution in [1.29, 1.82) is 0 Å². The van der Waals surface area contributed by atoms with Crippen molar-refractivity contribution in [1.82, 2.24) is 5.32 Å². The number of ether oxygens (including phenoxy) is 4. The quantitative estimate of drug-likeness (QED) is 0.216. The summed E-state index contributed by atoms with van der Waals surface area (Å²) in [5.74, 6) is -0.0941. The maximum Gasteiger partial charge on any atom is 0.186 e. The molecule has 2 heterocycles. The third-order valence-corrected chi connectivity index (χ3v) is 7.37. The molecule has 0 aromatic heterocycles. The Balaban J connectivity index is 1.73. The number of nitrogens with one attached hydrogen (secondary N) is 1. The van der Waals surface area contributed by atoms with Crippen LogP contribution in [-0.4, -0.2) is 113 Å². The molecule has 1 saturated carbocycles. The van der Waals surface area contributed by atoms with Crippen molar-refractivity contribution in [2.75, 3.05) is 13.7 Å². The van der Waals surface area contributed by atoms with Crippen LogP contribution in [0, 0.1) is 11.8 Å². The number of hydrogen-bond donors (Lipinski definition) is 7. The normalized spacial score (nSPS) is 51.5. The largest absolute Gasteiger partial charge is 0.394 e. The van der Waals surface area contributed by atoms with Crippen molar-refractivity contribution in [3.63, 3.8) is 0 Å². The number of likely N-dealkylation sites (N-methyl/N-ethyl adjacent to an activating group) is 1. The second-order valence-corrected chi connectivity index (χ2v) is 9.82. The molecule has 0 aromatic carbocycles. The Morgan fingerprint density at radius 2 is 1.52 bits per heavy atom. The van der Waals surface area contributed by atoms with E-state index in [0.717, 1.165) is 0 Å². The second-order valence-electron chi connectivity index (χ2n) is 9.82. The van der Waals surface area contributed by atoms with Crippen molar-refractivity contribution in [2.24, 2.45) is 17.6 Å². The minimum absolute atomic E-state index is 0.0357. The summed E-state index contributed by atoms with van der Waals surface area (Å²) < 4.78 is 23.8. The van der Waals surface area contributed by atoms with Gasteiger partial charge in [-0.3, -0.25) is 0 Å². The zero-order valence-corrected chi connectivity index (χ0v) is 19.9. The van der Waals surface area contributed by atoms with Gasteiger partial charge in [0.25, 0.3) is 0 Å². The van der Waals surface area contributed by atoms with Gasteiger partial charge >= 0.3 is 0 Å². The minimum atomic E-state index is -1.35. The van der Waals surface area contributed by atoms with Gasteiger partial charge in [0.15, 0.2) is 12.6 Å². The molecular weight excluding hydrogens is 436 g/mol. The van der Waals surface area contributed by atoms with Gasteiger partial charge in [0.1, 0.15) is 30.5 Å². The van der Waals surface area contributed by atoms with Crippen LogP contribution in [-0.2, 0) is 18.9 Å². The molecule has 1 unspecified atom stereocenters. The summed E-state index contributed by atoms with van der Waals surface area (Å²) in [5.41, 5.74) is 5.90. The van der Waals surface area contributed by atoms with Gasteiger partial charge in [-0.2, -0.15) is 0 Å². The fourth-order valence-corrected chi connectivity index (χ4v) is 5.22. The summed E-state index contributed by atoms with van der Waals surface area (Å²) in [6.45, 7) is 5.37. The summed E-state index contributed by atoms with van der Waals surface area (Å²) in [6.07, 6.45) is -7.00. The molecule has 3 aliphatic rings. The van der Waals surface area contributed by atoms with Crippen LogP contribution in [0.3, 0.4) is 0 Å². The molecule has 194 valence electrons. The van der Waals surface area contributed by atoms with Crippen LogP contribution in [0.2, 0.25) is 0 Å². The monoisotopic (exact) mass is 478 g/mol. The SMILES string of the molecule is CC[C@H]1O[C@H](OC2[C@@H](C)C[C@@H](NC)[C@H](O[C@H]3O[C@H](CO)[C@@H](O)[C@H](N)[C@H]3O)[C@H]2O)[C@H](C)C[C@@H]1O. The van der Waals surface area contributed by atoms with E-state index in [1.165, 1.54) is 0 Å². The number of rotatable bonds is 7. The van der Waals surface area contributed by atoms with Crippen molar-refractivity contribution >= 4 is 0 Å². The highest BCUT2D eigenvalue weighted by atomic mass is 16.7. The maximum absolute atomic E-state index is 11.3. The lowest BCUT2D eigenvalue weighted by Crippen LogP contribution is -2.66. The van der Waals surface area contributed by atoms with Gasteiger partial charge in [-0.05, 0) is 32.2 Å². The van der Waals surface area contributed by atoms with Crippen molar-refractivity contribution in [3.8, 4) is 0 Å². The predicted octanol–water partition coefficient (Wildman–Crippen LogP) is -1.97. The molecule has 1 aliphatic carbocycles. The molecule has 2 saturated heterocycles. The van der Waals surface area contributed by atoms with Crippen LogP contribution in [0.1, 0.15) is 40.0 Å². The number of nitrogens with two attached hydrogens (primary N) is 1. The summed E-state index contributed by atoms with van der Waals surface area (Å²) in [5, 5.41) is 54.7. The highest BCUT2D eigenvalue weighted by Gasteiger charge is 2.50. The van der Waals surface area contributed by atoms with E-state index < -0.39 is 68.0 Å². The van der Waals surface area contributed by atoms with E-state index in [-0.39, 0.29) is 24.0 Å². The number of aliphatic hydroxyl groups is 5. The molecule has 0 bridgehead atoms. The fraction of sp³-hybridized carbons (Fsp3) is 1.00. The molecule has 33 heavy (non-hydrogen) atoms. The summed E-state index contributed by atoms with van der Waals surface area (Å²) in [4.78, 5) is 0. The van der Waals surface area contributed by atoms with Gasteiger partial charge in [0, 0.05) is 12.0 Å². The first kappa shape index (κ1) is 27.2. The maximum atomic E-state index is 11.3. The first-order valence-electron chi connectivity index (χ1n) is 12.0. The smallest absolute Gasteiger partial charge is 0.186 e. The fourth-order valence-electron chi connectivity index (χ4n) is 5.22. The average molecular weight is 479 g/mol. The van der Waals surface area contributed by atoms with Crippen LogP contribution in [0.15, 0.2) is 0 Å². The molecule has 3 fully saturated rings. The van der Waals surface area contributed by atoms with Crippen molar-refractivity contribution in [3.05, 3.63) is 0 Å². The molecule has 11 nitrogen and oxygen atoms in total. The molecule has 0 radical (unpaired) electrons. The Hall–Kier alpha value is -0.440. The topological polar surface area (TPSA) is 176 Å². The van der Waals surface area contributed by atoms with Crippen LogP contribution >= 0.6 is 0 Å².